The Morgan fingerprint density at radius 3 is 2.53 bits per heavy atom. The Kier molecular flexibility index (Phi) is 3.32. The normalized spacial score (nSPS) is 13.6. The van der Waals surface area contributed by atoms with E-state index in [0.29, 0.717) is 11.8 Å². The van der Waals surface area contributed by atoms with E-state index in [1.54, 1.807) is 17.8 Å². The summed E-state index contributed by atoms with van der Waals surface area (Å²) in [7, 11) is 1.72. The number of alkyl halides is 3. The number of rotatable bonds is 2. The van der Waals surface area contributed by atoms with Gasteiger partial charge in [0.25, 0.3) is 0 Å². The molecule has 102 valence electrons. The van der Waals surface area contributed by atoms with Crippen LogP contribution in [0.15, 0.2) is 30.7 Å². The molecule has 1 aromatic carbocycles. The fourth-order valence-corrected chi connectivity index (χ4v) is 1.72. The van der Waals surface area contributed by atoms with Crippen molar-refractivity contribution >= 4 is 0 Å². The second-order valence-corrected chi connectivity index (χ2v) is 4.18. The Hall–Kier alpha value is -1.89. The van der Waals surface area contributed by atoms with Gasteiger partial charge in [0.15, 0.2) is 0 Å². The molecule has 2 rings (SSSR count). The minimum atomic E-state index is -4.75. The highest BCUT2D eigenvalue weighted by Crippen LogP contribution is 2.33. The molecule has 0 saturated carbocycles. The number of nitrogens with two attached hydrogens (primary N) is 1. The highest BCUT2D eigenvalue weighted by atomic mass is 19.4. The maximum absolute atomic E-state index is 13.2. The van der Waals surface area contributed by atoms with E-state index in [-0.39, 0.29) is 5.56 Å². The van der Waals surface area contributed by atoms with Gasteiger partial charge in [-0.1, -0.05) is 6.07 Å². The van der Waals surface area contributed by atoms with Crippen molar-refractivity contribution in [2.75, 3.05) is 0 Å². The lowest BCUT2D eigenvalue weighted by Crippen LogP contribution is -2.15. The molecule has 0 radical (unpaired) electrons. The first-order valence-electron chi connectivity index (χ1n) is 5.39. The molecular weight excluding hydrogens is 262 g/mol. The number of imidazole rings is 1. The number of halogens is 4. The fraction of sp³-hybridized carbons (Fsp3) is 0.250. The third-order valence-corrected chi connectivity index (χ3v) is 2.70. The van der Waals surface area contributed by atoms with Crippen LogP contribution in [-0.2, 0) is 13.2 Å². The van der Waals surface area contributed by atoms with Crippen molar-refractivity contribution in [3.05, 3.63) is 53.4 Å². The quantitative estimate of drug-likeness (QED) is 0.855. The van der Waals surface area contributed by atoms with E-state index < -0.39 is 23.6 Å². The number of nitrogens with zero attached hydrogens (tertiary/aromatic N) is 2. The van der Waals surface area contributed by atoms with Gasteiger partial charge in [0.05, 0.1) is 23.6 Å². The van der Waals surface area contributed by atoms with E-state index in [0.717, 1.165) is 6.07 Å². The van der Waals surface area contributed by atoms with Crippen LogP contribution in [0.1, 0.15) is 22.9 Å². The molecule has 1 unspecified atom stereocenters. The molecule has 0 aliphatic heterocycles. The van der Waals surface area contributed by atoms with Crippen molar-refractivity contribution < 1.29 is 17.6 Å². The summed E-state index contributed by atoms with van der Waals surface area (Å²) in [5.74, 6) is -1.32. The van der Waals surface area contributed by atoms with E-state index in [4.69, 9.17) is 5.73 Å². The van der Waals surface area contributed by atoms with Crippen LogP contribution in [0.4, 0.5) is 17.6 Å². The highest BCUT2D eigenvalue weighted by Gasteiger charge is 2.34. The van der Waals surface area contributed by atoms with Crippen molar-refractivity contribution in [2.45, 2.75) is 12.2 Å². The lowest BCUT2D eigenvalue weighted by Gasteiger charge is -2.13. The maximum atomic E-state index is 13.2. The SMILES string of the molecule is Cn1cnc(C(N)c2ccc(F)c(C(F)(F)F)c2)c1. The molecular formula is C12H11F4N3. The zero-order valence-corrected chi connectivity index (χ0v) is 9.95. The molecule has 0 aliphatic carbocycles. The first-order chi connectivity index (χ1) is 8.79. The molecule has 0 aliphatic rings. The summed E-state index contributed by atoms with van der Waals surface area (Å²) in [4.78, 5) is 3.97. The molecule has 0 spiro atoms. The van der Waals surface area contributed by atoms with E-state index in [2.05, 4.69) is 4.98 Å². The predicted octanol–water partition coefficient (Wildman–Crippen LogP) is 2.63. The van der Waals surface area contributed by atoms with Gasteiger partial charge in [-0.3, -0.25) is 0 Å². The van der Waals surface area contributed by atoms with Crippen molar-refractivity contribution in [1.82, 2.24) is 9.55 Å². The lowest BCUT2D eigenvalue weighted by molar-refractivity contribution is -0.140. The topological polar surface area (TPSA) is 43.8 Å². The summed E-state index contributed by atoms with van der Waals surface area (Å²) < 4.78 is 52.6. The number of benzene rings is 1. The summed E-state index contributed by atoms with van der Waals surface area (Å²) in [5, 5.41) is 0. The molecule has 0 saturated heterocycles. The summed E-state index contributed by atoms with van der Waals surface area (Å²) in [6.07, 6.45) is -1.66. The molecule has 3 nitrogen and oxygen atoms in total. The van der Waals surface area contributed by atoms with E-state index in [1.165, 1.54) is 12.4 Å². The Labute approximate surface area is 106 Å². The largest absolute Gasteiger partial charge is 0.419 e. The van der Waals surface area contributed by atoms with Crippen LogP contribution in [0.5, 0.6) is 0 Å². The molecule has 7 heteroatoms. The van der Waals surface area contributed by atoms with Crippen molar-refractivity contribution in [2.24, 2.45) is 12.8 Å². The monoisotopic (exact) mass is 273 g/mol. The van der Waals surface area contributed by atoms with Gasteiger partial charge in [-0.25, -0.2) is 9.37 Å². The molecule has 2 N–H and O–H groups in total. The Balaban J connectivity index is 2.41. The minimum Gasteiger partial charge on any atom is -0.340 e. The van der Waals surface area contributed by atoms with Gasteiger partial charge >= 0.3 is 6.18 Å². The van der Waals surface area contributed by atoms with Crippen LogP contribution in [0.25, 0.3) is 0 Å². The highest BCUT2D eigenvalue weighted by molar-refractivity contribution is 5.32. The Morgan fingerprint density at radius 2 is 2.00 bits per heavy atom. The number of aromatic nitrogens is 2. The summed E-state index contributed by atoms with van der Waals surface area (Å²) in [5.41, 5.74) is 5.08. The zero-order chi connectivity index (χ0) is 14.2. The average molecular weight is 273 g/mol. The smallest absolute Gasteiger partial charge is 0.340 e. The molecule has 0 bridgehead atoms. The van der Waals surface area contributed by atoms with Gasteiger partial charge in [-0.2, -0.15) is 13.2 Å². The molecule has 1 aromatic heterocycles. The molecule has 1 atom stereocenters. The van der Waals surface area contributed by atoms with Crippen LogP contribution in [0, 0.1) is 5.82 Å². The molecule has 1 heterocycles. The molecule has 2 aromatic rings. The van der Waals surface area contributed by atoms with Crippen molar-refractivity contribution in [3.8, 4) is 0 Å². The maximum Gasteiger partial charge on any atom is 0.419 e. The molecule has 19 heavy (non-hydrogen) atoms. The van der Waals surface area contributed by atoms with Gasteiger partial charge in [-0.05, 0) is 17.7 Å². The van der Waals surface area contributed by atoms with Gasteiger partial charge in [0.2, 0.25) is 0 Å². The van der Waals surface area contributed by atoms with E-state index >= 15 is 0 Å². The second kappa shape index (κ2) is 4.65. The van der Waals surface area contributed by atoms with Crippen LogP contribution in [0.2, 0.25) is 0 Å². The molecule has 0 fully saturated rings. The fourth-order valence-electron chi connectivity index (χ4n) is 1.72. The Morgan fingerprint density at radius 1 is 1.32 bits per heavy atom. The standard InChI is InChI=1S/C12H11F4N3/c1-19-5-10(18-6-19)11(17)7-2-3-9(13)8(4-7)12(14,15)16/h2-6,11H,17H2,1H3. The number of aryl methyl sites for hydroxylation is 1. The first kappa shape index (κ1) is 13.5. The predicted molar refractivity (Wildman–Crippen MR) is 60.6 cm³/mol. The third-order valence-electron chi connectivity index (χ3n) is 2.70. The van der Waals surface area contributed by atoms with E-state index in [9.17, 15) is 17.6 Å². The van der Waals surface area contributed by atoms with Crippen LogP contribution in [-0.4, -0.2) is 9.55 Å². The van der Waals surface area contributed by atoms with Gasteiger partial charge in [-0.15, -0.1) is 0 Å². The summed E-state index contributed by atoms with van der Waals surface area (Å²) in [6.45, 7) is 0. The van der Waals surface area contributed by atoms with Crippen molar-refractivity contribution in [3.63, 3.8) is 0 Å². The van der Waals surface area contributed by atoms with Gasteiger partial charge in [0, 0.05) is 13.2 Å². The lowest BCUT2D eigenvalue weighted by atomic mass is 10.0. The zero-order valence-electron chi connectivity index (χ0n) is 9.95. The summed E-state index contributed by atoms with van der Waals surface area (Å²) in [6, 6.07) is 1.88. The van der Waals surface area contributed by atoms with E-state index in [1.807, 2.05) is 0 Å². The number of hydrogen-bond acceptors (Lipinski definition) is 2. The van der Waals surface area contributed by atoms with Crippen LogP contribution in [0.3, 0.4) is 0 Å². The minimum absolute atomic E-state index is 0.160. The van der Waals surface area contributed by atoms with Gasteiger partial charge < -0.3 is 10.3 Å². The van der Waals surface area contributed by atoms with Crippen LogP contribution >= 0.6 is 0 Å². The van der Waals surface area contributed by atoms with Gasteiger partial charge in [0.1, 0.15) is 5.82 Å². The third kappa shape index (κ3) is 2.76. The first-order valence-corrected chi connectivity index (χ1v) is 5.39. The molecule has 0 amide bonds. The Bertz CT molecular complexity index is 589. The van der Waals surface area contributed by atoms with Crippen LogP contribution < -0.4 is 5.73 Å². The number of hydrogen-bond donors (Lipinski definition) is 1. The second-order valence-electron chi connectivity index (χ2n) is 4.18. The average Bonchev–Trinajstić information content (AvgIpc) is 2.74. The van der Waals surface area contributed by atoms with Crippen molar-refractivity contribution in [1.29, 1.82) is 0 Å². The summed E-state index contributed by atoms with van der Waals surface area (Å²) >= 11 is 0.